The Bertz CT molecular complexity index is 649. The van der Waals surface area contributed by atoms with Gasteiger partial charge in [0.25, 0.3) is 0 Å². The third-order valence-corrected chi connectivity index (χ3v) is 2.51. The highest BCUT2D eigenvalue weighted by molar-refractivity contribution is 5.72. The van der Waals surface area contributed by atoms with Crippen molar-refractivity contribution in [2.45, 2.75) is 0 Å². The number of phenols is 1. The van der Waals surface area contributed by atoms with E-state index in [1.165, 1.54) is 0 Å². The van der Waals surface area contributed by atoms with Gasteiger partial charge in [0.1, 0.15) is 17.3 Å². The van der Waals surface area contributed by atoms with Crippen molar-refractivity contribution in [3.05, 3.63) is 47.3 Å². The SMILES string of the molecule is Nc1c(O)cc(F)c(-c2cc(F)c(F)c(F)c2)c1F. The van der Waals surface area contributed by atoms with Gasteiger partial charge in [-0.1, -0.05) is 0 Å². The van der Waals surface area contributed by atoms with Gasteiger partial charge in [0.2, 0.25) is 0 Å². The van der Waals surface area contributed by atoms with Crippen molar-refractivity contribution in [2.24, 2.45) is 0 Å². The Morgan fingerprint density at radius 3 is 1.84 bits per heavy atom. The van der Waals surface area contributed by atoms with Crippen LogP contribution < -0.4 is 5.73 Å². The predicted octanol–water partition coefficient (Wildman–Crippen LogP) is 3.34. The molecule has 19 heavy (non-hydrogen) atoms. The molecule has 0 spiro atoms. The highest BCUT2D eigenvalue weighted by Gasteiger charge is 2.20. The van der Waals surface area contributed by atoms with Crippen molar-refractivity contribution in [1.82, 2.24) is 0 Å². The summed E-state index contributed by atoms with van der Waals surface area (Å²) in [6.07, 6.45) is 0. The Hall–Kier alpha value is -2.31. The van der Waals surface area contributed by atoms with Gasteiger partial charge in [-0.2, -0.15) is 0 Å². The van der Waals surface area contributed by atoms with Gasteiger partial charge in [-0.25, -0.2) is 22.0 Å². The maximum absolute atomic E-state index is 13.7. The smallest absolute Gasteiger partial charge is 0.194 e. The molecular weight excluding hydrogens is 269 g/mol. The van der Waals surface area contributed by atoms with Gasteiger partial charge in [0.05, 0.1) is 5.56 Å². The van der Waals surface area contributed by atoms with E-state index in [2.05, 4.69) is 0 Å². The van der Waals surface area contributed by atoms with Crippen LogP contribution in [0.15, 0.2) is 18.2 Å². The number of nitrogen functional groups attached to an aromatic ring is 1. The lowest BCUT2D eigenvalue weighted by molar-refractivity contribution is 0.447. The van der Waals surface area contributed by atoms with E-state index in [4.69, 9.17) is 10.8 Å². The lowest BCUT2D eigenvalue weighted by atomic mass is 10.0. The molecule has 3 N–H and O–H groups in total. The van der Waals surface area contributed by atoms with E-state index < -0.39 is 51.6 Å². The van der Waals surface area contributed by atoms with E-state index in [-0.39, 0.29) is 0 Å². The second kappa shape index (κ2) is 4.42. The van der Waals surface area contributed by atoms with Crippen LogP contribution in [-0.2, 0) is 0 Å². The van der Waals surface area contributed by atoms with Crippen molar-refractivity contribution < 1.29 is 27.1 Å². The second-order valence-electron chi connectivity index (χ2n) is 3.73. The molecule has 0 bridgehead atoms. The van der Waals surface area contributed by atoms with Crippen molar-refractivity contribution in [3.63, 3.8) is 0 Å². The summed E-state index contributed by atoms with van der Waals surface area (Å²) in [5.74, 6) is -8.46. The molecule has 2 aromatic rings. The molecule has 0 aliphatic carbocycles. The number of hydrogen-bond acceptors (Lipinski definition) is 2. The van der Waals surface area contributed by atoms with Crippen molar-refractivity contribution in [3.8, 4) is 16.9 Å². The third-order valence-electron chi connectivity index (χ3n) is 2.51. The molecule has 0 radical (unpaired) electrons. The first kappa shape index (κ1) is 13.1. The molecule has 0 fully saturated rings. The van der Waals surface area contributed by atoms with Crippen LogP contribution >= 0.6 is 0 Å². The first-order valence-corrected chi connectivity index (χ1v) is 4.94. The summed E-state index contributed by atoms with van der Waals surface area (Å²) in [4.78, 5) is 0. The van der Waals surface area contributed by atoms with Crippen molar-refractivity contribution >= 4 is 5.69 Å². The number of rotatable bonds is 1. The number of phenolic OH excluding ortho intramolecular Hbond substituents is 1. The van der Waals surface area contributed by atoms with Gasteiger partial charge in [-0.05, 0) is 17.7 Å². The van der Waals surface area contributed by atoms with Gasteiger partial charge in [-0.15, -0.1) is 0 Å². The lowest BCUT2D eigenvalue weighted by Gasteiger charge is -2.09. The summed E-state index contributed by atoms with van der Waals surface area (Å²) in [5.41, 5.74) is 2.94. The molecule has 2 nitrogen and oxygen atoms in total. The molecule has 0 unspecified atom stereocenters. The summed E-state index contributed by atoms with van der Waals surface area (Å²) in [6, 6.07) is 1.35. The first-order chi connectivity index (χ1) is 8.82. The van der Waals surface area contributed by atoms with Crippen LogP contribution in [0.2, 0.25) is 0 Å². The van der Waals surface area contributed by atoms with E-state index >= 15 is 0 Å². The predicted molar refractivity (Wildman–Crippen MR) is 57.7 cm³/mol. The van der Waals surface area contributed by atoms with Crippen LogP contribution in [0.25, 0.3) is 11.1 Å². The fraction of sp³-hybridized carbons (Fsp3) is 0. The van der Waals surface area contributed by atoms with E-state index in [0.717, 1.165) is 0 Å². The molecule has 0 aliphatic heterocycles. The average Bonchev–Trinajstić information content (AvgIpc) is 2.33. The van der Waals surface area contributed by atoms with Crippen LogP contribution in [0.5, 0.6) is 5.75 Å². The summed E-state index contributed by atoms with van der Waals surface area (Å²) < 4.78 is 66.1. The van der Waals surface area contributed by atoms with Crippen molar-refractivity contribution in [2.75, 3.05) is 5.73 Å². The summed E-state index contributed by atoms with van der Waals surface area (Å²) in [5, 5.41) is 9.09. The molecule has 0 aromatic heterocycles. The zero-order chi connectivity index (χ0) is 14.3. The standard InChI is InChI=1S/C12H6F5NO/c13-5-3-8(19)12(18)11(17)9(5)4-1-6(14)10(16)7(15)2-4/h1-3,19H,18H2. The van der Waals surface area contributed by atoms with E-state index in [1.807, 2.05) is 0 Å². The summed E-state index contributed by atoms with van der Waals surface area (Å²) >= 11 is 0. The van der Waals surface area contributed by atoms with Crippen LogP contribution in [0.3, 0.4) is 0 Å². The zero-order valence-electron chi connectivity index (χ0n) is 9.15. The summed E-state index contributed by atoms with van der Waals surface area (Å²) in [6.45, 7) is 0. The first-order valence-electron chi connectivity index (χ1n) is 4.94. The molecule has 0 heterocycles. The van der Waals surface area contributed by atoms with E-state index in [1.54, 1.807) is 0 Å². The van der Waals surface area contributed by atoms with Crippen LogP contribution in [0.4, 0.5) is 27.6 Å². The number of benzene rings is 2. The highest BCUT2D eigenvalue weighted by atomic mass is 19.2. The lowest BCUT2D eigenvalue weighted by Crippen LogP contribution is -2.00. The minimum atomic E-state index is -1.75. The monoisotopic (exact) mass is 275 g/mol. The Morgan fingerprint density at radius 2 is 1.32 bits per heavy atom. The van der Waals surface area contributed by atoms with Crippen molar-refractivity contribution in [1.29, 1.82) is 0 Å². The Morgan fingerprint density at radius 1 is 0.789 bits per heavy atom. The fourth-order valence-corrected chi connectivity index (χ4v) is 1.59. The molecule has 0 saturated carbocycles. The summed E-state index contributed by atoms with van der Waals surface area (Å²) in [7, 11) is 0. The number of halogens is 5. The molecule has 0 atom stereocenters. The maximum atomic E-state index is 13.7. The number of hydrogen-bond donors (Lipinski definition) is 2. The number of anilines is 1. The Kier molecular flexibility index (Phi) is 3.05. The minimum Gasteiger partial charge on any atom is -0.506 e. The van der Waals surface area contributed by atoms with Gasteiger partial charge in [-0.3, -0.25) is 0 Å². The number of nitrogens with two attached hydrogens (primary N) is 1. The molecule has 2 rings (SSSR count). The van der Waals surface area contributed by atoms with Gasteiger partial charge < -0.3 is 10.8 Å². The molecule has 100 valence electrons. The molecule has 0 saturated heterocycles. The largest absolute Gasteiger partial charge is 0.506 e. The fourth-order valence-electron chi connectivity index (χ4n) is 1.59. The van der Waals surface area contributed by atoms with E-state index in [9.17, 15) is 22.0 Å². The average molecular weight is 275 g/mol. The topological polar surface area (TPSA) is 46.2 Å². The quantitative estimate of drug-likeness (QED) is 0.363. The molecule has 2 aromatic carbocycles. The third kappa shape index (κ3) is 2.07. The maximum Gasteiger partial charge on any atom is 0.194 e. The molecule has 0 aliphatic rings. The zero-order valence-corrected chi connectivity index (χ0v) is 9.15. The van der Waals surface area contributed by atoms with Gasteiger partial charge in [0.15, 0.2) is 23.3 Å². The van der Waals surface area contributed by atoms with Gasteiger partial charge in [0, 0.05) is 6.07 Å². The van der Waals surface area contributed by atoms with E-state index in [0.29, 0.717) is 18.2 Å². The van der Waals surface area contributed by atoms with Crippen LogP contribution in [0.1, 0.15) is 0 Å². The normalized spacial score (nSPS) is 10.8. The van der Waals surface area contributed by atoms with Crippen LogP contribution in [0, 0.1) is 29.1 Å². The number of aromatic hydroxyl groups is 1. The van der Waals surface area contributed by atoms with Gasteiger partial charge >= 0.3 is 0 Å². The van der Waals surface area contributed by atoms with Crippen LogP contribution in [-0.4, -0.2) is 5.11 Å². The second-order valence-corrected chi connectivity index (χ2v) is 3.73. The Labute approximate surface area is 103 Å². The Balaban J connectivity index is 2.76. The minimum absolute atomic E-state index is 0.427. The molecule has 0 amide bonds. The highest BCUT2D eigenvalue weighted by Crippen LogP contribution is 2.35. The molecular formula is C12H6F5NO. The molecule has 7 heteroatoms.